The van der Waals surface area contributed by atoms with Gasteiger partial charge < -0.3 is 39.1 Å². The van der Waals surface area contributed by atoms with E-state index in [1.54, 1.807) is 37.4 Å². The van der Waals surface area contributed by atoms with E-state index in [4.69, 9.17) is 34.2 Å². The van der Waals surface area contributed by atoms with Crippen molar-refractivity contribution in [2.75, 3.05) is 82.4 Å². The summed E-state index contributed by atoms with van der Waals surface area (Å²) in [6.45, 7) is 8.82. The molecule has 0 aliphatic carbocycles. The number of hydrogen-bond donors (Lipinski definition) is 2. The largest absolute Gasteiger partial charge is 0.417 e. The molecule has 0 radical (unpaired) electrons. The van der Waals surface area contributed by atoms with Crippen LogP contribution in [0.3, 0.4) is 0 Å². The Balaban J connectivity index is 1.64. The molecule has 10 heteroatoms. The molecule has 0 heterocycles. The van der Waals surface area contributed by atoms with E-state index < -0.39 is 6.09 Å². The Kier molecular flexibility index (Phi) is 14.3. The second-order valence-electron chi connectivity index (χ2n) is 7.69. The molecule has 1 amide bonds. The molecular weight excluding hydrogens is 466 g/mol. The zero-order valence-corrected chi connectivity index (χ0v) is 21.4. The fourth-order valence-electron chi connectivity index (χ4n) is 3.11. The minimum atomic E-state index is -0.601. The number of para-hydroxylation sites is 1. The van der Waals surface area contributed by atoms with Crippen LogP contribution in [0.4, 0.5) is 21.9 Å². The molecule has 0 bridgehead atoms. The van der Waals surface area contributed by atoms with Crippen molar-refractivity contribution >= 4 is 23.2 Å². The van der Waals surface area contributed by atoms with Crippen molar-refractivity contribution in [2.45, 2.75) is 20.1 Å². The summed E-state index contributed by atoms with van der Waals surface area (Å²) in [7, 11) is 1.60. The Hall–Kier alpha value is -2.89. The van der Waals surface area contributed by atoms with Crippen LogP contribution in [0, 0.1) is 0 Å². The number of carbonyl (C=O) groups excluding carboxylic acids is 1. The highest BCUT2D eigenvalue weighted by Crippen LogP contribution is 2.26. The Bertz CT molecular complexity index is 870. The molecule has 0 aliphatic rings. The van der Waals surface area contributed by atoms with Gasteiger partial charge in [0.25, 0.3) is 0 Å². The van der Waals surface area contributed by atoms with Gasteiger partial charge in [0.2, 0.25) is 0 Å². The molecule has 36 heavy (non-hydrogen) atoms. The molecule has 2 rings (SSSR count). The van der Waals surface area contributed by atoms with Gasteiger partial charge in [-0.2, -0.15) is 0 Å². The maximum absolute atomic E-state index is 12.3. The van der Waals surface area contributed by atoms with Crippen molar-refractivity contribution in [3.8, 4) is 5.75 Å². The zero-order chi connectivity index (χ0) is 26.0. The van der Waals surface area contributed by atoms with Gasteiger partial charge in [0, 0.05) is 25.9 Å². The number of nitrogens with zero attached hydrogens (tertiary/aromatic N) is 1. The fourth-order valence-corrected chi connectivity index (χ4v) is 3.11. The van der Waals surface area contributed by atoms with Gasteiger partial charge in [-0.25, -0.2) is 4.79 Å². The van der Waals surface area contributed by atoms with E-state index in [1.807, 2.05) is 25.1 Å². The Morgan fingerprint density at radius 1 is 0.944 bits per heavy atom. The van der Waals surface area contributed by atoms with E-state index in [2.05, 4.69) is 17.1 Å². The van der Waals surface area contributed by atoms with Crippen molar-refractivity contribution in [2.24, 2.45) is 0 Å². The van der Waals surface area contributed by atoms with Gasteiger partial charge in [-0.05, 0) is 44.2 Å². The lowest BCUT2D eigenvalue weighted by atomic mass is 10.2. The number of anilines is 3. The van der Waals surface area contributed by atoms with E-state index >= 15 is 0 Å². The average molecular weight is 506 g/mol. The fraction of sp³-hybridized carbons (Fsp3) is 0.500. The molecule has 200 valence electrons. The van der Waals surface area contributed by atoms with Crippen LogP contribution in [0.15, 0.2) is 48.5 Å². The van der Waals surface area contributed by atoms with Crippen LogP contribution in [-0.2, 0) is 23.7 Å². The number of hydrogen-bond acceptors (Lipinski definition) is 9. The highest BCUT2D eigenvalue weighted by molar-refractivity contribution is 5.91. The number of carbonyl (C=O) groups is 1. The lowest BCUT2D eigenvalue weighted by Crippen LogP contribution is -2.28. The Labute approximate surface area is 213 Å². The summed E-state index contributed by atoms with van der Waals surface area (Å²) in [4.78, 5) is 14.4. The number of likely N-dealkylation sites (N-methyl/N-ethyl adjacent to an activating group) is 1. The third-order valence-electron chi connectivity index (χ3n) is 5.14. The van der Waals surface area contributed by atoms with Crippen molar-refractivity contribution in [1.82, 2.24) is 0 Å². The molecule has 10 nitrogen and oxygen atoms in total. The van der Waals surface area contributed by atoms with Gasteiger partial charge in [0.15, 0.2) is 6.29 Å². The van der Waals surface area contributed by atoms with Crippen LogP contribution >= 0.6 is 0 Å². The number of nitrogens with two attached hydrogens (primary N) is 1. The third-order valence-corrected chi connectivity index (χ3v) is 5.14. The molecule has 0 saturated heterocycles. The van der Waals surface area contributed by atoms with Crippen LogP contribution in [0.2, 0.25) is 0 Å². The summed E-state index contributed by atoms with van der Waals surface area (Å²) in [6.07, 6.45) is -0.830. The summed E-state index contributed by atoms with van der Waals surface area (Å²) >= 11 is 0. The summed E-state index contributed by atoms with van der Waals surface area (Å²) in [5, 5.41) is 2.71. The summed E-state index contributed by atoms with van der Waals surface area (Å²) in [5.41, 5.74) is 7.92. The van der Waals surface area contributed by atoms with Gasteiger partial charge in [-0.1, -0.05) is 18.2 Å². The molecule has 0 saturated carbocycles. The maximum Gasteiger partial charge on any atom is 0.417 e. The second kappa shape index (κ2) is 17.5. The van der Waals surface area contributed by atoms with Gasteiger partial charge in [0.05, 0.1) is 57.6 Å². The van der Waals surface area contributed by atoms with Crippen molar-refractivity contribution in [1.29, 1.82) is 0 Å². The van der Waals surface area contributed by atoms with Gasteiger partial charge >= 0.3 is 6.09 Å². The summed E-state index contributed by atoms with van der Waals surface area (Å²) < 4.78 is 32.2. The number of rotatable bonds is 18. The van der Waals surface area contributed by atoms with E-state index in [9.17, 15) is 4.79 Å². The van der Waals surface area contributed by atoms with Crippen LogP contribution in [0.25, 0.3) is 0 Å². The first kappa shape index (κ1) is 29.3. The first-order chi connectivity index (χ1) is 17.5. The molecule has 1 atom stereocenters. The molecule has 2 aromatic carbocycles. The monoisotopic (exact) mass is 505 g/mol. The third kappa shape index (κ3) is 11.7. The molecular formula is C26H39N3O7. The second-order valence-corrected chi connectivity index (χ2v) is 7.69. The first-order valence-electron chi connectivity index (χ1n) is 12.1. The SMILES string of the molecule is CCN(CCOCCOCCOCCOC(C)OC)c1ccc(N)c(NC(=O)Oc2ccccc2)c1. The highest BCUT2D eigenvalue weighted by atomic mass is 16.7. The Morgan fingerprint density at radius 2 is 1.58 bits per heavy atom. The topological polar surface area (TPSA) is 114 Å². The van der Waals surface area contributed by atoms with E-state index in [1.165, 1.54) is 0 Å². The van der Waals surface area contributed by atoms with Crippen molar-refractivity contribution in [3.63, 3.8) is 0 Å². The molecule has 0 spiro atoms. The van der Waals surface area contributed by atoms with E-state index in [-0.39, 0.29) is 6.29 Å². The minimum absolute atomic E-state index is 0.229. The van der Waals surface area contributed by atoms with Gasteiger partial charge in [-0.15, -0.1) is 0 Å². The number of methoxy groups -OCH3 is 1. The standard InChI is InChI=1S/C26H39N3O7/c1-4-29(12-13-32-14-15-33-16-17-34-18-19-35-21(2)31-3)22-10-11-24(27)25(20-22)28-26(30)36-23-8-6-5-7-9-23/h5-11,20-21H,4,12-19,27H2,1-3H3,(H,28,30). The predicted octanol–water partition coefficient (Wildman–Crippen LogP) is 3.76. The molecule has 0 aliphatic heterocycles. The average Bonchev–Trinajstić information content (AvgIpc) is 2.88. The number of nitrogen functional groups attached to an aromatic ring is 1. The van der Waals surface area contributed by atoms with Gasteiger partial charge in [-0.3, -0.25) is 5.32 Å². The van der Waals surface area contributed by atoms with Crippen LogP contribution in [0.1, 0.15) is 13.8 Å². The molecule has 0 aromatic heterocycles. The number of benzene rings is 2. The lowest BCUT2D eigenvalue weighted by molar-refractivity contribution is -0.123. The molecule has 3 N–H and O–H groups in total. The first-order valence-corrected chi connectivity index (χ1v) is 12.1. The smallest absolute Gasteiger partial charge is 0.410 e. The number of ether oxygens (including phenoxy) is 6. The summed E-state index contributed by atoms with van der Waals surface area (Å²) in [6, 6.07) is 14.4. The van der Waals surface area contributed by atoms with E-state index in [0.29, 0.717) is 69.9 Å². The van der Waals surface area contributed by atoms with Crippen LogP contribution < -0.4 is 20.7 Å². The van der Waals surface area contributed by atoms with E-state index in [0.717, 1.165) is 12.2 Å². The number of nitrogens with one attached hydrogen (secondary N) is 1. The lowest BCUT2D eigenvalue weighted by Gasteiger charge is -2.24. The Morgan fingerprint density at radius 3 is 2.22 bits per heavy atom. The van der Waals surface area contributed by atoms with Crippen LogP contribution in [0.5, 0.6) is 5.75 Å². The zero-order valence-electron chi connectivity index (χ0n) is 21.4. The highest BCUT2D eigenvalue weighted by Gasteiger charge is 2.11. The maximum atomic E-state index is 12.3. The minimum Gasteiger partial charge on any atom is -0.410 e. The molecule has 1 unspecified atom stereocenters. The van der Waals surface area contributed by atoms with Crippen LogP contribution in [-0.4, -0.2) is 78.8 Å². The van der Waals surface area contributed by atoms with Crippen molar-refractivity contribution in [3.05, 3.63) is 48.5 Å². The van der Waals surface area contributed by atoms with Gasteiger partial charge in [0.1, 0.15) is 5.75 Å². The normalized spacial score (nSPS) is 11.8. The molecule has 0 fully saturated rings. The quantitative estimate of drug-likeness (QED) is 0.178. The molecule has 2 aromatic rings. The predicted molar refractivity (Wildman–Crippen MR) is 140 cm³/mol. The number of amides is 1. The van der Waals surface area contributed by atoms with Crippen molar-refractivity contribution < 1.29 is 33.2 Å². The summed E-state index contributed by atoms with van der Waals surface area (Å²) in [5.74, 6) is 0.454.